The summed E-state index contributed by atoms with van der Waals surface area (Å²) in [6.45, 7) is 1.19. The average molecular weight is 398 g/mol. The number of carbonyl (C=O) groups is 2. The van der Waals surface area contributed by atoms with Crippen molar-refractivity contribution in [3.05, 3.63) is 65.2 Å². The molecule has 1 amide bonds. The van der Waals surface area contributed by atoms with Crippen LogP contribution >= 0.6 is 0 Å². The molecule has 2 rings (SSSR count). The number of rotatable bonds is 6. The van der Waals surface area contributed by atoms with Crippen LogP contribution in [0.5, 0.6) is 0 Å². The van der Waals surface area contributed by atoms with Crippen molar-refractivity contribution in [1.82, 2.24) is 4.90 Å². The van der Waals surface area contributed by atoms with E-state index < -0.39 is 58.5 Å². The Morgan fingerprint density at radius 1 is 1.00 bits per heavy atom. The number of nitrogens with one attached hydrogen (secondary N) is 1. The Labute approximate surface area is 158 Å². The number of benzene rings is 2. The van der Waals surface area contributed by atoms with Crippen molar-refractivity contribution in [3.63, 3.8) is 0 Å². The van der Waals surface area contributed by atoms with Gasteiger partial charge in [0.1, 0.15) is 29.3 Å². The van der Waals surface area contributed by atoms with E-state index in [-0.39, 0.29) is 0 Å². The molecule has 28 heavy (non-hydrogen) atoms. The number of hydrogen-bond acceptors (Lipinski definition) is 4. The molecule has 2 aromatic carbocycles. The molecule has 0 aliphatic heterocycles. The van der Waals surface area contributed by atoms with Crippen LogP contribution in [0.1, 0.15) is 18.5 Å². The van der Waals surface area contributed by atoms with Gasteiger partial charge < -0.3 is 10.1 Å². The summed E-state index contributed by atoms with van der Waals surface area (Å²) in [5.74, 6) is -5.58. The summed E-state index contributed by atoms with van der Waals surface area (Å²) >= 11 is 0. The molecule has 150 valence electrons. The fraction of sp³-hybridized carbons (Fsp3) is 0.263. The summed E-state index contributed by atoms with van der Waals surface area (Å²) in [6, 6.07) is 4.14. The highest BCUT2D eigenvalue weighted by atomic mass is 19.1. The zero-order valence-electron chi connectivity index (χ0n) is 15.3. The second kappa shape index (κ2) is 8.83. The largest absolute Gasteiger partial charge is 0.451 e. The number of halogens is 4. The predicted molar refractivity (Wildman–Crippen MR) is 93.3 cm³/mol. The third kappa shape index (κ3) is 4.86. The molecule has 0 fully saturated rings. The van der Waals surface area contributed by atoms with E-state index in [0.29, 0.717) is 0 Å². The van der Waals surface area contributed by atoms with E-state index in [1.54, 1.807) is 0 Å². The second-order valence-corrected chi connectivity index (χ2v) is 6.19. The van der Waals surface area contributed by atoms with Gasteiger partial charge in [0, 0.05) is 6.07 Å². The molecule has 0 unspecified atom stereocenters. The van der Waals surface area contributed by atoms with E-state index in [1.807, 2.05) is 0 Å². The van der Waals surface area contributed by atoms with Gasteiger partial charge in [0.2, 0.25) is 0 Å². The Balaban J connectivity index is 2.16. The lowest BCUT2D eigenvalue weighted by molar-refractivity contribution is -0.158. The fourth-order valence-electron chi connectivity index (χ4n) is 2.48. The Bertz CT molecular complexity index is 869. The van der Waals surface area contributed by atoms with Gasteiger partial charge in [-0.25, -0.2) is 22.4 Å². The Morgan fingerprint density at radius 2 is 1.61 bits per heavy atom. The van der Waals surface area contributed by atoms with E-state index in [2.05, 4.69) is 5.32 Å². The lowest BCUT2D eigenvalue weighted by atomic mass is 10.0. The fourth-order valence-corrected chi connectivity index (χ4v) is 2.48. The van der Waals surface area contributed by atoms with Crippen molar-refractivity contribution in [1.29, 1.82) is 0 Å². The molecule has 0 aromatic heterocycles. The lowest BCUT2D eigenvalue weighted by Crippen LogP contribution is -2.36. The summed E-state index contributed by atoms with van der Waals surface area (Å²) in [6.07, 6.45) is -1.44. The van der Waals surface area contributed by atoms with Crippen LogP contribution in [-0.4, -0.2) is 37.0 Å². The first-order valence-electron chi connectivity index (χ1n) is 8.18. The van der Waals surface area contributed by atoms with Crippen molar-refractivity contribution in [2.75, 3.05) is 19.4 Å². The molecule has 0 saturated carbocycles. The summed E-state index contributed by atoms with van der Waals surface area (Å²) in [5, 5.41) is 2.09. The molecular weight excluding hydrogens is 380 g/mol. The lowest BCUT2D eigenvalue weighted by Gasteiger charge is -2.25. The minimum atomic E-state index is -1.46. The summed E-state index contributed by atoms with van der Waals surface area (Å²) < 4.78 is 59.9. The Kier molecular flexibility index (Phi) is 6.74. The van der Waals surface area contributed by atoms with Gasteiger partial charge in [-0.1, -0.05) is 6.07 Å². The highest BCUT2D eigenvalue weighted by Gasteiger charge is 2.32. The number of carbonyl (C=O) groups excluding carboxylic acids is 2. The Morgan fingerprint density at radius 3 is 2.18 bits per heavy atom. The van der Waals surface area contributed by atoms with Crippen molar-refractivity contribution < 1.29 is 31.9 Å². The number of hydrogen-bond donors (Lipinski definition) is 1. The van der Waals surface area contributed by atoms with Crippen molar-refractivity contribution in [2.45, 2.75) is 19.1 Å². The molecule has 0 aliphatic rings. The number of likely N-dealkylation sites (N-methyl/N-ethyl adjacent to an activating group) is 1. The highest BCUT2D eigenvalue weighted by molar-refractivity contribution is 5.95. The van der Waals surface area contributed by atoms with Gasteiger partial charge >= 0.3 is 5.97 Å². The Hall–Kier alpha value is -2.94. The van der Waals surface area contributed by atoms with Crippen LogP contribution in [0.3, 0.4) is 0 Å². The average Bonchev–Trinajstić information content (AvgIpc) is 2.60. The first-order chi connectivity index (χ1) is 13.1. The molecule has 0 heterocycles. The van der Waals surface area contributed by atoms with Crippen LogP contribution in [-0.2, 0) is 14.3 Å². The normalized spacial score (nSPS) is 13.1. The number of anilines is 1. The zero-order valence-corrected chi connectivity index (χ0v) is 15.3. The number of nitrogens with zero attached hydrogens (tertiary/aromatic N) is 1. The van der Waals surface area contributed by atoms with Gasteiger partial charge in [-0.2, -0.15) is 0 Å². The molecule has 0 bridgehead atoms. The molecule has 0 spiro atoms. The monoisotopic (exact) mass is 398 g/mol. The predicted octanol–water partition coefficient (Wildman–Crippen LogP) is 3.42. The number of esters is 1. The number of ether oxygens (including phenoxy) is 1. The van der Waals surface area contributed by atoms with E-state index >= 15 is 0 Å². The number of amides is 1. The van der Waals surface area contributed by atoms with Crippen molar-refractivity contribution in [2.24, 2.45) is 0 Å². The maximum atomic E-state index is 14.1. The SMILES string of the molecule is C[C@H](OC(=O)[C@@H](c1c(F)cccc1F)N(C)C)C(=O)Nc1cc(F)ccc1F. The maximum Gasteiger partial charge on any atom is 0.328 e. The van der Waals surface area contributed by atoms with Gasteiger partial charge in [-0.05, 0) is 45.3 Å². The third-order valence-corrected chi connectivity index (χ3v) is 3.86. The first-order valence-corrected chi connectivity index (χ1v) is 8.18. The molecular formula is C19H18F4N2O3. The van der Waals surface area contributed by atoms with Crippen molar-refractivity contribution in [3.8, 4) is 0 Å². The van der Waals surface area contributed by atoms with Crippen LogP contribution in [0.25, 0.3) is 0 Å². The third-order valence-electron chi connectivity index (χ3n) is 3.86. The van der Waals surface area contributed by atoms with Crippen LogP contribution in [0, 0.1) is 23.3 Å². The molecule has 2 aromatic rings. The van der Waals surface area contributed by atoms with E-state index in [9.17, 15) is 27.2 Å². The van der Waals surface area contributed by atoms with E-state index in [0.717, 1.165) is 36.4 Å². The molecule has 0 saturated heterocycles. The second-order valence-electron chi connectivity index (χ2n) is 6.19. The van der Waals surface area contributed by atoms with Gasteiger partial charge in [0.15, 0.2) is 6.10 Å². The van der Waals surface area contributed by atoms with Crippen LogP contribution in [0.2, 0.25) is 0 Å². The van der Waals surface area contributed by atoms with Crippen LogP contribution in [0.4, 0.5) is 23.2 Å². The zero-order chi connectivity index (χ0) is 21.0. The molecule has 5 nitrogen and oxygen atoms in total. The minimum Gasteiger partial charge on any atom is -0.451 e. The van der Waals surface area contributed by atoms with Gasteiger partial charge in [0.05, 0.1) is 11.3 Å². The summed E-state index contributed by atoms with van der Waals surface area (Å²) in [7, 11) is 2.81. The maximum absolute atomic E-state index is 14.1. The summed E-state index contributed by atoms with van der Waals surface area (Å²) in [4.78, 5) is 25.8. The minimum absolute atomic E-state index is 0.433. The smallest absolute Gasteiger partial charge is 0.328 e. The van der Waals surface area contributed by atoms with Gasteiger partial charge in [-0.15, -0.1) is 0 Å². The van der Waals surface area contributed by atoms with E-state index in [4.69, 9.17) is 4.74 Å². The topological polar surface area (TPSA) is 58.6 Å². The molecule has 0 radical (unpaired) electrons. The highest BCUT2D eigenvalue weighted by Crippen LogP contribution is 2.26. The molecule has 9 heteroatoms. The molecule has 0 aliphatic carbocycles. The molecule has 2 atom stereocenters. The molecule has 1 N–H and O–H groups in total. The van der Waals surface area contributed by atoms with Crippen LogP contribution in [0.15, 0.2) is 36.4 Å². The standard InChI is InChI=1S/C19H18F4N2O3/c1-10(18(26)24-15-9-11(20)7-8-12(15)21)28-19(27)17(25(2)3)16-13(22)5-4-6-14(16)23/h4-10,17H,1-3H3,(H,24,26)/t10-,17+/m0/s1. The van der Waals surface area contributed by atoms with Crippen LogP contribution < -0.4 is 5.32 Å². The van der Waals surface area contributed by atoms with Gasteiger partial charge in [-0.3, -0.25) is 9.69 Å². The quantitative estimate of drug-likeness (QED) is 0.599. The van der Waals surface area contributed by atoms with E-state index in [1.165, 1.54) is 25.9 Å². The first kappa shape index (κ1) is 21.4. The van der Waals surface area contributed by atoms with Crippen molar-refractivity contribution >= 4 is 17.6 Å². The summed E-state index contributed by atoms with van der Waals surface area (Å²) in [5.41, 5.74) is -0.960. The van der Waals surface area contributed by atoms with Gasteiger partial charge in [0.25, 0.3) is 5.91 Å².